The first-order chi connectivity index (χ1) is 17.0. The summed E-state index contributed by atoms with van der Waals surface area (Å²) in [4.78, 5) is 9.36. The number of nitrogens with one attached hydrogen (secondary N) is 1. The SMILES string of the molecule is CCCSc1nc(NC2CC2c2ccc(F)c(F)c2)c2nnn(C3CC(OCCO)CC3O)c2n1. The topological polar surface area (TPSA) is 118 Å². The van der Waals surface area contributed by atoms with E-state index in [0.29, 0.717) is 35.0 Å². The van der Waals surface area contributed by atoms with E-state index in [1.54, 1.807) is 10.7 Å². The Balaban J connectivity index is 1.41. The number of aliphatic hydroxyl groups excluding tert-OH is 2. The lowest BCUT2D eigenvalue weighted by molar-refractivity contribution is 0.0252. The van der Waals surface area contributed by atoms with Crippen molar-refractivity contribution in [3.05, 3.63) is 35.4 Å². The van der Waals surface area contributed by atoms with Gasteiger partial charge in [0.2, 0.25) is 0 Å². The number of aromatic nitrogens is 5. The molecule has 0 saturated heterocycles. The highest BCUT2D eigenvalue weighted by atomic mass is 32.2. The third-order valence-electron chi connectivity index (χ3n) is 6.43. The zero-order chi connectivity index (χ0) is 24.5. The minimum absolute atomic E-state index is 0.000435. The van der Waals surface area contributed by atoms with E-state index >= 15 is 0 Å². The van der Waals surface area contributed by atoms with E-state index in [-0.39, 0.29) is 37.3 Å². The molecule has 2 aliphatic rings. The molecule has 9 nitrogen and oxygen atoms in total. The summed E-state index contributed by atoms with van der Waals surface area (Å²) in [6.07, 6.45) is 1.83. The maximum absolute atomic E-state index is 13.7. The van der Waals surface area contributed by atoms with E-state index < -0.39 is 17.7 Å². The van der Waals surface area contributed by atoms with E-state index in [9.17, 15) is 13.9 Å². The van der Waals surface area contributed by atoms with Crippen LogP contribution in [0.2, 0.25) is 0 Å². The summed E-state index contributed by atoms with van der Waals surface area (Å²) in [5.74, 6) is -0.288. The number of aliphatic hydroxyl groups is 2. The molecule has 35 heavy (non-hydrogen) atoms. The number of nitrogens with zero attached hydrogens (tertiary/aromatic N) is 5. The molecule has 5 unspecified atom stereocenters. The predicted molar refractivity (Wildman–Crippen MR) is 126 cm³/mol. The Morgan fingerprint density at radius 2 is 2.06 bits per heavy atom. The van der Waals surface area contributed by atoms with Gasteiger partial charge in [-0.25, -0.2) is 23.4 Å². The third kappa shape index (κ3) is 5.11. The van der Waals surface area contributed by atoms with Gasteiger partial charge in [0.15, 0.2) is 33.8 Å². The summed E-state index contributed by atoms with van der Waals surface area (Å²) in [6, 6.07) is 3.65. The largest absolute Gasteiger partial charge is 0.394 e. The Labute approximate surface area is 205 Å². The van der Waals surface area contributed by atoms with Crippen LogP contribution in [0.15, 0.2) is 23.4 Å². The number of fused-ring (bicyclic) bond motifs is 1. The average Bonchev–Trinajstić information content (AvgIpc) is 3.32. The highest BCUT2D eigenvalue weighted by Gasteiger charge is 2.40. The number of benzene rings is 1. The van der Waals surface area contributed by atoms with E-state index in [1.807, 2.05) is 0 Å². The molecular formula is C23H28F2N6O3S. The van der Waals surface area contributed by atoms with E-state index in [0.717, 1.165) is 30.2 Å². The minimum Gasteiger partial charge on any atom is -0.394 e. The summed E-state index contributed by atoms with van der Waals surface area (Å²) in [6.45, 7) is 2.22. The molecule has 2 aromatic heterocycles. The molecule has 2 fully saturated rings. The molecule has 188 valence electrons. The van der Waals surface area contributed by atoms with Crippen molar-refractivity contribution in [2.45, 2.75) is 68.0 Å². The van der Waals surface area contributed by atoms with Gasteiger partial charge in [-0.1, -0.05) is 30.0 Å². The fourth-order valence-electron chi connectivity index (χ4n) is 4.60. The number of hydrogen-bond donors (Lipinski definition) is 3. The molecule has 0 radical (unpaired) electrons. The Hall–Kier alpha value is -2.41. The Morgan fingerprint density at radius 3 is 2.83 bits per heavy atom. The van der Waals surface area contributed by atoms with Crippen molar-refractivity contribution < 1.29 is 23.7 Å². The first-order valence-corrected chi connectivity index (χ1v) is 12.8. The molecule has 5 rings (SSSR count). The molecule has 1 aromatic carbocycles. The lowest BCUT2D eigenvalue weighted by atomic mass is 10.1. The first kappa shape index (κ1) is 24.3. The van der Waals surface area contributed by atoms with E-state index in [4.69, 9.17) is 14.8 Å². The lowest BCUT2D eigenvalue weighted by Gasteiger charge is -2.15. The number of rotatable bonds is 10. The molecule has 5 atom stereocenters. The quantitative estimate of drug-likeness (QED) is 0.282. The van der Waals surface area contributed by atoms with Crippen LogP contribution in [0.5, 0.6) is 0 Å². The second-order valence-electron chi connectivity index (χ2n) is 9.00. The van der Waals surface area contributed by atoms with Gasteiger partial charge in [-0.05, 0) is 37.0 Å². The number of hydrogen-bond acceptors (Lipinski definition) is 9. The van der Waals surface area contributed by atoms with Crippen LogP contribution >= 0.6 is 11.8 Å². The predicted octanol–water partition coefficient (Wildman–Crippen LogP) is 3.04. The van der Waals surface area contributed by atoms with Crippen LogP contribution in [-0.4, -0.2) is 72.4 Å². The van der Waals surface area contributed by atoms with Gasteiger partial charge in [0.05, 0.1) is 31.5 Å². The van der Waals surface area contributed by atoms with Crippen molar-refractivity contribution in [2.24, 2.45) is 0 Å². The average molecular weight is 507 g/mol. The summed E-state index contributed by atoms with van der Waals surface area (Å²) in [7, 11) is 0. The molecule has 2 saturated carbocycles. The van der Waals surface area contributed by atoms with Crippen molar-refractivity contribution in [2.75, 3.05) is 24.3 Å². The second kappa shape index (κ2) is 10.3. The van der Waals surface area contributed by atoms with Crippen LogP contribution in [0.25, 0.3) is 11.2 Å². The molecule has 2 aliphatic carbocycles. The van der Waals surface area contributed by atoms with Gasteiger partial charge in [-0.15, -0.1) is 5.10 Å². The van der Waals surface area contributed by atoms with Gasteiger partial charge in [-0.2, -0.15) is 0 Å². The zero-order valence-electron chi connectivity index (χ0n) is 19.3. The first-order valence-electron chi connectivity index (χ1n) is 11.9. The van der Waals surface area contributed by atoms with Crippen LogP contribution in [0.4, 0.5) is 14.6 Å². The van der Waals surface area contributed by atoms with Crippen LogP contribution in [0.3, 0.4) is 0 Å². The summed E-state index contributed by atoms with van der Waals surface area (Å²) < 4.78 is 34.3. The Bertz CT molecular complexity index is 1200. The number of anilines is 1. The van der Waals surface area contributed by atoms with Crippen LogP contribution in [0, 0.1) is 11.6 Å². The zero-order valence-corrected chi connectivity index (χ0v) is 20.1. The minimum atomic E-state index is -0.858. The smallest absolute Gasteiger partial charge is 0.191 e. The number of ether oxygens (including phenoxy) is 1. The molecule has 3 aromatic rings. The van der Waals surface area contributed by atoms with Crippen molar-refractivity contribution in [3.8, 4) is 0 Å². The molecule has 0 aliphatic heterocycles. The summed E-state index contributed by atoms with van der Waals surface area (Å²) in [5.41, 5.74) is 1.76. The highest BCUT2D eigenvalue weighted by molar-refractivity contribution is 7.99. The fourth-order valence-corrected chi connectivity index (χ4v) is 5.29. The van der Waals surface area contributed by atoms with Gasteiger partial charge in [0, 0.05) is 24.1 Å². The monoisotopic (exact) mass is 506 g/mol. The molecular weight excluding hydrogens is 478 g/mol. The van der Waals surface area contributed by atoms with Gasteiger partial charge >= 0.3 is 0 Å². The van der Waals surface area contributed by atoms with Gasteiger partial charge in [0.1, 0.15) is 0 Å². The maximum Gasteiger partial charge on any atom is 0.191 e. The molecule has 2 heterocycles. The van der Waals surface area contributed by atoms with Crippen molar-refractivity contribution >= 4 is 28.7 Å². The second-order valence-corrected chi connectivity index (χ2v) is 10.1. The lowest BCUT2D eigenvalue weighted by Crippen LogP contribution is -2.20. The van der Waals surface area contributed by atoms with Crippen molar-refractivity contribution in [1.82, 2.24) is 25.0 Å². The van der Waals surface area contributed by atoms with Gasteiger partial charge < -0.3 is 20.3 Å². The Kier molecular flexibility index (Phi) is 7.14. The van der Waals surface area contributed by atoms with Gasteiger partial charge in [0.25, 0.3) is 0 Å². The molecule has 0 bridgehead atoms. The van der Waals surface area contributed by atoms with E-state index in [2.05, 4.69) is 27.5 Å². The maximum atomic E-state index is 13.7. The molecule has 0 spiro atoms. The normalized spacial score (nSPS) is 25.9. The number of thioether (sulfide) groups is 1. The van der Waals surface area contributed by atoms with Crippen molar-refractivity contribution in [1.29, 1.82) is 0 Å². The van der Waals surface area contributed by atoms with E-state index in [1.165, 1.54) is 17.8 Å². The van der Waals surface area contributed by atoms with Crippen molar-refractivity contribution in [3.63, 3.8) is 0 Å². The Morgan fingerprint density at radius 1 is 1.20 bits per heavy atom. The summed E-state index contributed by atoms with van der Waals surface area (Å²) >= 11 is 1.53. The highest BCUT2D eigenvalue weighted by Crippen LogP contribution is 2.44. The molecule has 3 N–H and O–H groups in total. The third-order valence-corrected chi connectivity index (χ3v) is 7.49. The fraction of sp³-hybridized carbons (Fsp3) is 0.565. The molecule has 12 heteroatoms. The van der Waals surface area contributed by atoms with Crippen LogP contribution in [0.1, 0.15) is 50.1 Å². The van der Waals surface area contributed by atoms with Crippen LogP contribution < -0.4 is 5.32 Å². The summed E-state index contributed by atoms with van der Waals surface area (Å²) in [5, 5.41) is 32.3. The number of halogens is 2. The standard InChI is InChI=1S/C23H28F2N6O3S/c1-2-7-35-23-27-21(26-17-11-14(17)12-3-4-15(24)16(25)8-12)20-22(28-23)31(30-29-20)18-9-13(10-19(18)33)34-6-5-32/h3-4,8,13-14,17-19,32-33H,2,5-7,9-11H2,1H3,(H,26,27,28). The van der Waals surface area contributed by atoms with Gasteiger partial charge in [-0.3, -0.25) is 0 Å². The molecule has 0 amide bonds. The van der Waals surface area contributed by atoms with Crippen LogP contribution in [-0.2, 0) is 4.74 Å².